The van der Waals surface area contributed by atoms with E-state index in [1.807, 2.05) is 5.38 Å². The average Bonchev–Trinajstić information content (AvgIpc) is 2.95. The van der Waals surface area contributed by atoms with Crippen LogP contribution in [0.3, 0.4) is 0 Å². The molecule has 1 amide bonds. The van der Waals surface area contributed by atoms with Gasteiger partial charge in [-0.1, -0.05) is 0 Å². The predicted octanol–water partition coefficient (Wildman–Crippen LogP) is 0.988. The molecule has 1 atom stereocenters. The van der Waals surface area contributed by atoms with E-state index in [1.54, 1.807) is 11.8 Å². The SMILES string of the molecule is CCOC(=O)C1CCCN(C(=O)Cc2csc(CCN)n2)C1. The minimum absolute atomic E-state index is 0.0265. The van der Waals surface area contributed by atoms with E-state index < -0.39 is 0 Å². The van der Waals surface area contributed by atoms with Crippen LogP contribution in [-0.2, 0) is 27.2 Å². The van der Waals surface area contributed by atoms with Crippen LogP contribution in [0.15, 0.2) is 5.38 Å². The van der Waals surface area contributed by atoms with Crippen molar-refractivity contribution in [2.75, 3.05) is 26.2 Å². The predicted molar refractivity (Wildman–Crippen MR) is 84.5 cm³/mol. The van der Waals surface area contributed by atoms with E-state index in [4.69, 9.17) is 10.5 Å². The van der Waals surface area contributed by atoms with E-state index in [0.29, 0.717) is 26.2 Å². The second kappa shape index (κ2) is 8.24. The maximum absolute atomic E-state index is 12.4. The molecule has 2 N–H and O–H groups in total. The number of carbonyl (C=O) groups excluding carboxylic acids is 2. The molecule has 122 valence electrons. The molecule has 0 spiro atoms. The summed E-state index contributed by atoms with van der Waals surface area (Å²) >= 11 is 1.54. The molecule has 0 aliphatic carbocycles. The minimum atomic E-state index is -0.195. The number of hydrogen-bond acceptors (Lipinski definition) is 6. The minimum Gasteiger partial charge on any atom is -0.466 e. The monoisotopic (exact) mass is 325 g/mol. The van der Waals surface area contributed by atoms with E-state index in [-0.39, 0.29) is 24.2 Å². The van der Waals surface area contributed by atoms with Crippen molar-refractivity contribution < 1.29 is 14.3 Å². The molecular formula is C15H23N3O3S. The number of nitrogens with zero attached hydrogens (tertiary/aromatic N) is 2. The zero-order valence-electron chi connectivity index (χ0n) is 12.9. The number of likely N-dealkylation sites (tertiary alicyclic amines) is 1. The summed E-state index contributed by atoms with van der Waals surface area (Å²) in [6, 6.07) is 0. The van der Waals surface area contributed by atoms with Crippen molar-refractivity contribution in [2.45, 2.75) is 32.6 Å². The Hall–Kier alpha value is -1.47. The Bertz CT molecular complexity index is 518. The normalized spacial score (nSPS) is 18.3. The van der Waals surface area contributed by atoms with Gasteiger partial charge >= 0.3 is 5.97 Å². The Morgan fingerprint density at radius 2 is 2.36 bits per heavy atom. The summed E-state index contributed by atoms with van der Waals surface area (Å²) in [5, 5.41) is 2.88. The first-order chi connectivity index (χ1) is 10.6. The van der Waals surface area contributed by atoms with E-state index in [2.05, 4.69) is 4.98 Å². The van der Waals surface area contributed by atoms with E-state index >= 15 is 0 Å². The smallest absolute Gasteiger partial charge is 0.310 e. The van der Waals surface area contributed by atoms with Crippen molar-refractivity contribution in [1.29, 1.82) is 0 Å². The Morgan fingerprint density at radius 1 is 1.55 bits per heavy atom. The van der Waals surface area contributed by atoms with Crippen LogP contribution in [0.5, 0.6) is 0 Å². The Labute approximate surface area is 134 Å². The third-order valence-electron chi connectivity index (χ3n) is 3.68. The number of piperidine rings is 1. The largest absolute Gasteiger partial charge is 0.466 e. The van der Waals surface area contributed by atoms with Crippen LogP contribution in [0, 0.1) is 5.92 Å². The van der Waals surface area contributed by atoms with Crippen LogP contribution in [0.2, 0.25) is 0 Å². The Balaban J connectivity index is 1.89. The molecule has 1 saturated heterocycles. The van der Waals surface area contributed by atoms with Crippen molar-refractivity contribution in [3.8, 4) is 0 Å². The third-order valence-corrected chi connectivity index (χ3v) is 4.64. The molecular weight excluding hydrogens is 302 g/mol. The van der Waals surface area contributed by atoms with Crippen molar-refractivity contribution in [2.24, 2.45) is 11.7 Å². The van der Waals surface area contributed by atoms with Gasteiger partial charge in [-0.15, -0.1) is 11.3 Å². The summed E-state index contributed by atoms with van der Waals surface area (Å²) in [5.41, 5.74) is 6.29. The third kappa shape index (κ3) is 4.51. The summed E-state index contributed by atoms with van der Waals surface area (Å²) in [6.07, 6.45) is 2.66. The number of esters is 1. The first-order valence-electron chi connectivity index (χ1n) is 7.71. The van der Waals surface area contributed by atoms with Crippen LogP contribution in [0.1, 0.15) is 30.5 Å². The van der Waals surface area contributed by atoms with Crippen molar-refractivity contribution >= 4 is 23.2 Å². The molecule has 1 aromatic rings. The van der Waals surface area contributed by atoms with Crippen molar-refractivity contribution in [3.05, 3.63) is 16.1 Å². The van der Waals surface area contributed by atoms with Gasteiger partial charge in [-0.3, -0.25) is 9.59 Å². The molecule has 0 bridgehead atoms. The fourth-order valence-corrected chi connectivity index (χ4v) is 3.41. The van der Waals surface area contributed by atoms with Gasteiger partial charge in [0.2, 0.25) is 5.91 Å². The maximum Gasteiger partial charge on any atom is 0.310 e. The number of ether oxygens (including phenoxy) is 1. The van der Waals surface area contributed by atoms with E-state index in [1.165, 1.54) is 11.3 Å². The molecule has 7 heteroatoms. The highest BCUT2D eigenvalue weighted by atomic mass is 32.1. The topological polar surface area (TPSA) is 85.5 Å². The molecule has 22 heavy (non-hydrogen) atoms. The molecule has 1 aliphatic rings. The second-order valence-electron chi connectivity index (χ2n) is 5.38. The fourth-order valence-electron chi connectivity index (χ4n) is 2.59. The molecule has 1 unspecified atom stereocenters. The van der Waals surface area contributed by atoms with E-state index in [9.17, 15) is 9.59 Å². The van der Waals surface area contributed by atoms with Crippen LogP contribution >= 0.6 is 11.3 Å². The molecule has 1 aromatic heterocycles. The number of rotatable bonds is 6. The highest BCUT2D eigenvalue weighted by Crippen LogP contribution is 2.19. The molecule has 0 aromatic carbocycles. The van der Waals surface area contributed by atoms with Crippen LogP contribution in [0.25, 0.3) is 0 Å². The van der Waals surface area contributed by atoms with Gasteiger partial charge in [0.15, 0.2) is 0 Å². The molecule has 2 rings (SSSR count). The summed E-state index contributed by atoms with van der Waals surface area (Å²) in [4.78, 5) is 30.4. The Kier molecular flexibility index (Phi) is 6.33. The molecule has 0 radical (unpaired) electrons. The van der Waals surface area contributed by atoms with Gasteiger partial charge in [-0.25, -0.2) is 4.98 Å². The molecule has 6 nitrogen and oxygen atoms in total. The number of thiazole rings is 1. The quantitative estimate of drug-likeness (QED) is 0.788. The van der Waals surface area contributed by atoms with Gasteiger partial charge in [0, 0.05) is 24.9 Å². The standard InChI is InChI=1S/C15H23N3O3S/c1-2-21-15(20)11-4-3-7-18(9-11)14(19)8-12-10-22-13(17-12)5-6-16/h10-11H,2-9,16H2,1H3. The number of nitrogens with two attached hydrogens (primary N) is 1. The van der Waals surface area contributed by atoms with E-state index in [0.717, 1.165) is 30.0 Å². The first-order valence-corrected chi connectivity index (χ1v) is 8.59. The summed E-state index contributed by atoms with van der Waals surface area (Å²) < 4.78 is 5.06. The summed E-state index contributed by atoms with van der Waals surface area (Å²) in [6.45, 7) is 3.90. The number of aromatic nitrogens is 1. The van der Waals surface area contributed by atoms with Gasteiger partial charge in [0.1, 0.15) is 0 Å². The second-order valence-corrected chi connectivity index (χ2v) is 6.32. The molecule has 1 aliphatic heterocycles. The zero-order chi connectivity index (χ0) is 15.9. The molecule has 1 fully saturated rings. The number of amides is 1. The van der Waals surface area contributed by atoms with Gasteiger partial charge in [0.05, 0.1) is 29.6 Å². The summed E-state index contributed by atoms with van der Waals surface area (Å²) in [7, 11) is 0. The van der Waals surface area contributed by atoms with Gasteiger partial charge in [0.25, 0.3) is 0 Å². The number of carbonyl (C=O) groups is 2. The van der Waals surface area contributed by atoms with Crippen molar-refractivity contribution in [1.82, 2.24) is 9.88 Å². The van der Waals surface area contributed by atoms with Gasteiger partial charge in [-0.05, 0) is 26.3 Å². The van der Waals surface area contributed by atoms with Crippen LogP contribution < -0.4 is 5.73 Å². The number of hydrogen-bond donors (Lipinski definition) is 1. The lowest BCUT2D eigenvalue weighted by atomic mass is 9.98. The molecule has 0 saturated carbocycles. The Morgan fingerprint density at radius 3 is 3.09 bits per heavy atom. The van der Waals surface area contributed by atoms with Crippen molar-refractivity contribution in [3.63, 3.8) is 0 Å². The van der Waals surface area contributed by atoms with Gasteiger partial charge in [-0.2, -0.15) is 0 Å². The average molecular weight is 325 g/mol. The van der Waals surface area contributed by atoms with Crippen LogP contribution in [0.4, 0.5) is 0 Å². The lowest BCUT2D eigenvalue weighted by Gasteiger charge is -2.31. The lowest BCUT2D eigenvalue weighted by Crippen LogP contribution is -2.43. The highest BCUT2D eigenvalue weighted by Gasteiger charge is 2.29. The lowest BCUT2D eigenvalue weighted by molar-refractivity contribution is -0.151. The fraction of sp³-hybridized carbons (Fsp3) is 0.667. The summed E-state index contributed by atoms with van der Waals surface area (Å²) in [5.74, 6) is -0.363. The highest BCUT2D eigenvalue weighted by molar-refractivity contribution is 7.09. The molecule has 2 heterocycles. The first kappa shape index (κ1) is 16.9. The van der Waals surface area contributed by atoms with Crippen LogP contribution in [-0.4, -0.2) is 48.0 Å². The zero-order valence-corrected chi connectivity index (χ0v) is 13.7. The maximum atomic E-state index is 12.4. The van der Waals surface area contributed by atoms with Gasteiger partial charge < -0.3 is 15.4 Å².